The predicted molar refractivity (Wildman–Crippen MR) is 66.8 cm³/mol. The van der Waals surface area contributed by atoms with Crippen LogP contribution < -0.4 is 0 Å². The largest absolute Gasteiger partial charge is 0.104 e. The SMILES string of the molecule is Ic1ccc(C#CC2=C=CC=C2)cc1. The lowest BCUT2D eigenvalue weighted by Gasteiger charge is -1.89. The Morgan fingerprint density at radius 2 is 1.86 bits per heavy atom. The van der Waals surface area contributed by atoms with Crippen molar-refractivity contribution < 1.29 is 0 Å². The van der Waals surface area contributed by atoms with E-state index in [1.807, 2.05) is 30.4 Å². The molecule has 14 heavy (non-hydrogen) atoms. The molecule has 1 heteroatoms. The molecule has 2 rings (SSSR count). The van der Waals surface area contributed by atoms with Crippen molar-refractivity contribution in [3.05, 3.63) is 62.9 Å². The van der Waals surface area contributed by atoms with E-state index in [0.717, 1.165) is 11.1 Å². The molecule has 0 aliphatic heterocycles. The third-order valence-electron chi connectivity index (χ3n) is 1.78. The second-order valence-corrected chi connectivity index (χ2v) is 4.09. The molecule has 0 radical (unpaired) electrons. The van der Waals surface area contributed by atoms with E-state index in [1.54, 1.807) is 0 Å². The third kappa shape index (κ3) is 2.38. The van der Waals surface area contributed by atoms with E-state index in [2.05, 4.69) is 52.3 Å². The van der Waals surface area contributed by atoms with Crippen LogP contribution >= 0.6 is 22.6 Å². The van der Waals surface area contributed by atoms with E-state index >= 15 is 0 Å². The van der Waals surface area contributed by atoms with Gasteiger partial charge in [-0.15, -0.1) is 5.73 Å². The summed E-state index contributed by atoms with van der Waals surface area (Å²) in [5.74, 6) is 6.14. The minimum Gasteiger partial charge on any atom is -0.104 e. The zero-order valence-electron chi connectivity index (χ0n) is 7.42. The van der Waals surface area contributed by atoms with Gasteiger partial charge in [-0.2, -0.15) is 0 Å². The summed E-state index contributed by atoms with van der Waals surface area (Å²) in [5, 5.41) is 0. The molecule has 0 saturated carbocycles. The average molecular weight is 290 g/mol. The van der Waals surface area contributed by atoms with Gasteiger partial charge in [0, 0.05) is 9.13 Å². The Bertz CT molecular complexity index is 486. The molecule has 0 atom stereocenters. The molecule has 1 aromatic rings. The third-order valence-corrected chi connectivity index (χ3v) is 2.50. The minimum absolute atomic E-state index is 0.948. The molecule has 1 aliphatic carbocycles. The maximum Gasteiger partial charge on any atom is 0.0667 e. The smallest absolute Gasteiger partial charge is 0.0667 e. The highest BCUT2D eigenvalue weighted by atomic mass is 127. The highest BCUT2D eigenvalue weighted by Gasteiger charge is 1.89. The summed E-state index contributed by atoms with van der Waals surface area (Å²) in [4.78, 5) is 0. The van der Waals surface area contributed by atoms with E-state index < -0.39 is 0 Å². The van der Waals surface area contributed by atoms with Crippen molar-refractivity contribution in [2.75, 3.05) is 0 Å². The van der Waals surface area contributed by atoms with Gasteiger partial charge in [-0.25, -0.2) is 0 Å². The molecular weight excluding hydrogens is 283 g/mol. The average Bonchev–Trinajstić information content (AvgIpc) is 2.70. The molecule has 0 aromatic heterocycles. The molecule has 0 bridgehead atoms. The minimum atomic E-state index is 0.948. The number of halogens is 1. The molecule has 0 nitrogen and oxygen atoms in total. The van der Waals surface area contributed by atoms with Crippen molar-refractivity contribution in [1.82, 2.24) is 0 Å². The summed E-state index contributed by atoms with van der Waals surface area (Å²) >= 11 is 2.28. The van der Waals surface area contributed by atoms with Crippen molar-refractivity contribution in [3.63, 3.8) is 0 Å². The quantitative estimate of drug-likeness (QED) is 0.391. The van der Waals surface area contributed by atoms with Gasteiger partial charge < -0.3 is 0 Å². The molecule has 1 aromatic carbocycles. The van der Waals surface area contributed by atoms with Gasteiger partial charge in [-0.3, -0.25) is 0 Å². The van der Waals surface area contributed by atoms with Crippen LogP contribution in [0.5, 0.6) is 0 Å². The van der Waals surface area contributed by atoms with E-state index in [-0.39, 0.29) is 0 Å². The summed E-state index contributed by atoms with van der Waals surface area (Å²) in [6.45, 7) is 0. The second kappa shape index (κ2) is 4.32. The van der Waals surface area contributed by atoms with E-state index in [0.29, 0.717) is 0 Å². The van der Waals surface area contributed by atoms with Crippen LogP contribution in [0.4, 0.5) is 0 Å². The summed E-state index contributed by atoms with van der Waals surface area (Å²) < 4.78 is 1.23. The molecule has 66 valence electrons. The molecule has 0 amide bonds. The van der Waals surface area contributed by atoms with E-state index in [1.165, 1.54) is 3.57 Å². The molecule has 0 unspecified atom stereocenters. The first-order valence-corrected chi connectivity index (χ1v) is 5.33. The molecule has 0 saturated heterocycles. The lowest BCUT2D eigenvalue weighted by Crippen LogP contribution is -1.75. The van der Waals surface area contributed by atoms with Crippen LogP contribution in [0.25, 0.3) is 0 Å². The first-order valence-electron chi connectivity index (χ1n) is 4.25. The molecule has 0 spiro atoms. The van der Waals surface area contributed by atoms with Crippen LogP contribution in [-0.4, -0.2) is 0 Å². The number of hydrogen-bond acceptors (Lipinski definition) is 0. The van der Waals surface area contributed by atoms with E-state index in [9.17, 15) is 0 Å². The zero-order valence-corrected chi connectivity index (χ0v) is 9.58. The van der Waals surface area contributed by atoms with Crippen molar-refractivity contribution >= 4 is 22.6 Å². The molecule has 1 aliphatic rings. The van der Waals surface area contributed by atoms with Crippen LogP contribution in [0.3, 0.4) is 0 Å². The van der Waals surface area contributed by atoms with Crippen LogP contribution in [0, 0.1) is 15.4 Å². The summed E-state index contributed by atoms with van der Waals surface area (Å²) in [6, 6.07) is 8.16. The van der Waals surface area contributed by atoms with Crippen LogP contribution in [0.2, 0.25) is 0 Å². The number of hydrogen-bond donors (Lipinski definition) is 0. The van der Waals surface area contributed by atoms with Gasteiger partial charge in [0.05, 0.1) is 5.57 Å². The first kappa shape index (κ1) is 9.33. The molecule has 0 N–H and O–H groups in total. The Balaban J connectivity index is 2.22. The fourth-order valence-corrected chi connectivity index (χ4v) is 1.44. The van der Waals surface area contributed by atoms with Crippen LogP contribution in [-0.2, 0) is 0 Å². The van der Waals surface area contributed by atoms with Crippen molar-refractivity contribution in [2.45, 2.75) is 0 Å². The summed E-state index contributed by atoms with van der Waals surface area (Å²) in [6.07, 6.45) is 5.77. The monoisotopic (exact) mass is 290 g/mol. The molecule has 0 fully saturated rings. The van der Waals surface area contributed by atoms with Crippen LogP contribution in [0.15, 0.2) is 53.8 Å². The molecular formula is C13H7I. The van der Waals surface area contributed by atoms with E-state index in [4.69, 9.17) is 0 Å². The standard InChI is InChI=1S/C13H7I/c14-13-9-7-12(8-10-13)6-5-11-3-1-2-4-11/h1-3,7-10H. The van der Waals surface area contributed by atoms with Gasteiger partial charge in [-0.1, -0.05) is 17.9 Å². The van der Waals surface area contributed by atoms with Gasteiger partial charge in [0.15, 0.2) is 0 Å². The van der Waals surface area contributed by atoms with Gasteiger partial charge in [0.2, 0.25) is 0 Å². The lowest BCUT2D eigenvalue weighted by atomic mass is 10.2. The summed E-state index contributed by atoms with van der Waals surface area (Å²) in [7, 11) is 0. The lowest BCUT2D eigenvalue weighted by molar-refractivity contribution is 1.60. The van der Waals surface area contributed by atoms with Gasteiger partial charge in [0.25, 0.3) is 0 Å². The normalized spacial score (nSPS) is 12.2. The maximum atomic E-state index is 3.09. The van der Waals surface area contributed by atoms with Gasteiger partial charge in [0.1, 0.15) is 0 Å². The highest BCUT2D eigenvalue weighted by Crippen LogP contribution is 2.06. The first-order chi connectivity index (χ1) is 6.84. The Morgan fingerprint density at radius 1 is 1.07 bits per heavy atom. The molecule has 0 heterocycles. The fourth-order valence-electron chi connectivity index (χ4n) is 1.08. The Kier molecular flexibility index (Phi) is 2.88. The number of rotatable bonds is 0. The Hall–Kier alpha value is -1.23. The summed E-state index contributed by atoms with van der Waals surface area (Å²) in [5.41, 5.74) is 5.03. The topological polar surface area (TPSA) is 0 Å². The Labute approximate surface area is 97.2 Å². The second-order valence-electron chi connectivity index (χ2n) is 2.84. The number of benzene rings is 1. The number of allylic oxidation sites excluding steroid dienone is 3. The van der Waals surface area contributed by atoms with Gasteiger partial charge in [-0.05, 0) is 59.0 Å². The van der Waals surface area contributed by atoms with Gasteiger partial charge >= 0.3 is 0 Å². The predicted octanol–water partition coefficient (Wildman–Crippen LogP) is 3.29. The van der Waals surface area contributed by atoms with Crippen molar-refractivity contribution in [3.8, 4) is 11.8 Å². The van der Waals surface area contributed by atoms with Crippen molar-refractivity contribution in [2.24, 2.45) is 0 Å². The van der Waals surface area contributed by atoms with Crippen molar-refractivity contribution in [1.29, 1.82) is 0 Å². The Morgan fingerprint density at radius 3 is 2.50 bits per heavy atom. The maximum absolute atomic E-state index is 3.09. The fraction of sp³-hybridized carbons (Fsp3) is 0. The zero-order chi connectivity index (χ0) is 9.80. The van der Waals surface area contributed by atoms with Crippen LogP contribution in [0.1, 0.15) is 5.56 Å². The highest BCUT2D eigenvalue weighted by molar-refractivity contribution is 14.1.